The summed E-state index contributed by atoms with van der Waals surface area (Å²) in [5.74, 6) is 0.877. The summed E-state index contributed by atoms with van der Waals surface area (Å²) in [7, 11) is 2.19. The monoisotopic (exact) mass is 268 g/mol. The summed E-state index contributed by atoms with van der Waals surface area (Å²) >= 11 is 0. The number of hydrogen-bond donors (Lipinski definition) is 0. The Morgan fingerprint density at radius 3 is 2.95 bits per heavy atom. The fourth-order valence-corrected chi connectivity index (χ4v) is 3.38. The third-order valence-electron chi connectivity index (χ3n) is 4.46. The summed E-state index contributed by atoms with van der Waals surface area (Å²) in [6.07, 6.45) is 5.71. The van der Waals surface area contributed by atoms with E-state index < -0.39 is 0 Å². The number of rotatable bonds is 5. The number of carbonyl (C=O) groups excluding carboxylic acids is 1. The SMILES string of the molecule is CCCCOCC(=O)N1CCC[C@H]2CN(C)CC[C@@H]21. The van der Waals surface area contributed by atoms with Crippen molar-refractivity contribution >= 4 is 5.91 Å². The van der Waals surface area contributed by atoms with Gasteiger partial charge >= 0.3 is 0 Å². The second-order valence-electron chi connectivity index (χ2n) is 6.01. The van der Waals surface area contributed by atoms with Crippen molar-refractivity contribution in [2.24, 2.45) is 5.92 Å². The van der Waals surface area contributed by atoms with Crippen LogP contribution in [0.15, 0.2) is 0 Å². The molecule has 2 rings (SSSR count). The molecule has 19 heavy (non-hydrogen) atoms. The summed E-state index contributed by atoms with van der Waals surface area (Å²) < 4.78 is 5.49. The van der Waals surface area contributed by atoms with Crippen LogP contribution in [-0.2, 0) is 9.53 Å². The lowest BCUT2D eigenvalue weighted by molar-refractivity contribution is -0.143. The number of unbranched alkanes of at least 4 members (excludes halogenated alkanes) is 1. The number of nitrogens with zero attached hydrogens (tertiary/aromatic N) is 2. The molecule has 4 nitrogen and oxygen atoms in total. The van der Waals surface area contributed by atoms with Gasteiger partial charge in [-0.25, -0.2) is 0 Å². The summed E-state index contributed by atoms with van der Waals surface area (Å²) in [6, 6.07) is 0.465. The van der Waals surface area contributed by atoms with E-state index in [2.05, 4.69) is 23.8 Å². The first-order chi connectivity index (χ1) is 9.22. The van der Waals surface area contributed by atoms with E-state index in [0.29, 0.717) is 18.6 Å². The fraction of sp³-hybridized carbons (Fsp3) is 0.933. The highest BCUT2D eigenvalue weighted by Crippen LogP contribution is 2.30. The second kappa shape index (κ2) is 7.25. The smallest absolute Gasteiger partial charge is 0.248 e. The summed E-state index contributed by atoms with van der Waals surface area (Å²) in [5, 5.41) is 0. The van der Waals surface area contributed by atoms with Crippen molar-refractivity contribution in [2.45, 2.75) is 45.1 Å². The molecule has 2 atom stereocenters. The predicted octanol–water partition coefficient (Wildman–Crippen LogP) is 1.75. The van der Waals surface area contributed by atoms with Gasteiger partial charge in [-0.3, -0.25) is 4.79 Å². The lowest BCUT2D eigenvalue weighted by Gasteiger charge is -2.46. The number of likely N-dealkylation sites (tertiary alicyclic amines) is 2. The molecule has 110 valence electrons. The van der Waals surface area contributed by atoms with Gasteiger partial charge in [0.15, 0.2) is 0 Å². The molecule has 0 radical (unpaired) electrons. The van der Waals surface area contributed by atoms with Crippen LogP contribution in [-0.4, -0.2) is 61.6 Å². The lowest BCUT2D eigenvalue weighted by Crippen LogP contribution is -2.55. The molecule has 0 aromatic heterocycles. The Bertz CT molecular complexity index is 296. The van der Waals surface area contributed by atoms with Crippen molar-refractivity contribution in [1.82, 2.24) is 9.80 Å². The molecule has 0 N–H and O–H groups in total. The van der Waals surface area contributed by atoms with Crippen LogP contribution in [0.1, 0.15) is 39.0 Å². The van der Waals surface area contributed by atoms with E-state index in [1.54, 1.807) is 0 Å². The molecule has 2 aliphatic rings. The molecule has 0 unspecified atom stereocenters. The maximum Gasteiger partial charge on any atom is 0.248 e. The van der Waals surface area contributed by atoms with Crippen LogP contribution in [0.2, 0.25) is 0 Å². The minimum Gasteiger partial charge on any atom is -0.372 e. The maximum absolute atomic E-state index is 12.3. The van der Waals surface area contributed by atoms with E-state index in [9.17, 15) is 4.79 Å². The highest BCUT2D eigenvalue weighted by atomic mass is 16.5. The van der Waals surface area contributed by atoms with Crippen LogP contribution in [0, 0.1) is 5.92 Å². The van der Waals surface area contributed by atoms with Gasteiger partial charge < -0.3 is 14.5 Å². The van der Waals surface area contributed by atoms with Gasteiger partial charge in [0.25, 0.3) is 0 Å². The largest absolute Gasteiger partial charge is 0.372 e. The number of fused-ring (bicyclic) bond motifs is 1. The second-order valence-corrected chi connectivity index (χ2v) is 6.01. The van der Waals surface area contributed by atoms with Gasteiger partial charge in [0.2, 0.25) is 5.91 Å². The van der Waals surface area contributed by atoms with Gasteiger partial charge in [0.05, 0.1) is 0 Å². The topological polar surface area (TPSA) is 32.8 Å². The zero-order chi connectivity index (χ0) is 13.7. The van der Waals surface area contributed by atoms with Crippen molar-refractivity contribution in [2.75, 3.05) is 39.9 Å². The normalized spacial score (nSPS) is 28.2. The average molecular weight is 268 g/mol. The molecule has 0 saturated carbocycles. The summed E-state index contributed by atoms with van der Waals surface area (Å²) in [6.45, 7) is 6.32. The predicted molar refractivity (Wildman–Crippen MR) is 76.1 cm³/mol. The molecule has 1 amide bonds. The Morgan fingerprint density at radius 1 is 1.32 bits per heavy atom. The molecule has 2 heterocycles. The number of hydrogen-bond acceptors (Lipinski definition) is 3. The highest BCUT2D eigenvalue weighted by Gasteiger charge is 2.36. The fourth-order valence-electron chi connectivity index (χ4n) is 3.38. The van der Waals surface area contributed by atoms with E-state index in [1.165, 1.54) is 6.42 Å². The van der Waals surface area contributed by atoms with Crippen LogP contribution in [0.5, 0.6) is 0 Å². The number of carbonyl (C=O) groups is 1. The highest BCUT2D eigenvalue weighted by molar-refractivity contribution is 5.78. The minimum atomic E-state index is 0.204. The quantitative estimate of drug-likeness (QED) is 0.712. The first-order valence-electron chi connectivity index (χ1n) is 7.78. The van der Waals surface area contributed by atoms with Crippen molar-refractivity contribution < 1.29 is 9.53 Å². The molecule has 0 bridgehead atoms. The Morgan fingerprint density at radius 2 is 2.16 bits per heavy atom. The van der Waals surface area contributed by atoms with Crippen LogP contribution < -0.4 is 0 Å². The third-order valence-corrected chi connectivity index (χ3v) is 4.46. The lowest BCUT2D eigenvalue weighted by atomic mass is 9.84. The van der Waals surface area contributed by atoms with Crippen LogP contribution >= 0.6 is 0 Å². The Hall–Kier alpha value is -0.610. The van der Waals surface area contributed by atoms with Gasteiger partial charge in [-0.15, -0.1) is 0 Å². The molecule has 2 fully saturated rings. The molecule has 0 aromatic rings. The van der Waals surface area contributed by atoms with Crippen molar-refractivity contribution in [3.8, 4) is 0 Å². The van der Waals surface area contributed by atoms with Crippen LogP contribution in [0.4, 0.5) is 0 Å². The van der Waals surface area contributed by atoms with Crippen LogP contribution in [0.25, 0.3) is 0 Å². The molecular formula is C15H28N2O2. The van der Waals surface area contributed by atoms with E-state index >= 15 is 0 Å². The van der Waals surface area contributed by atoms with E-state index in [4.69, 9.17) is 4.74 Å². The third kappa shape index (κ3) is 3.93. The van der Waals surface area contributed by atoms with Gasteiger partial charge in [-0.1, -0.05) is 13.3 Å². The molecule has 2 saturated heterocycles. The summed E-state index contributed by atoms with van der Waals surface area (Å²) in [4.78, 5) is 16.8. The Kier molecular flexibility index (Phi) is 5.64. The number of ether oxygens (including phenoxy) is 1. The van der Waals surface area contributed by atoms with Crippen molar-refractivity contribution in [3.05, 3.63) is 0 Å². The zero-order valence-electron chi connectivity index (χ0n) is 12.4. The molecule has 0 spiro atoms. The molecule has 2 aliphatic heterocycles. The molecule has 0 aromatic carbocycles. The minimum absolute atomic E-state index is 0.204. The first-order valence-corrected chi connectivity index (χ1v) is 7.78. The van der Waals surface area contributed by atoms with Gasteiger partial charge in [0, 0.05) is 25.7 Å². The van der Waals surface area contributed by atoms with Crippen molar-refractivity contribution in [1.29, 1.82) is 0 Å². The first kappa shape index (κ1) is 14.8. The van der Waals surface area contributed by atoms with Gasteiger partial charge in [-0.05, 0) is 45.2 Å². The van der Waals surface area contributed by atoms with Crippen molar-refractivity contribution in [3.63, 3.8) is 0 Å². The molecule has 4 heteroatoms. The maximum atomic E-state index is 12.3. The number of amides is 1. The Balaban J connectivity index is 1.82. The van der Waals surface area contributed by atoms with Crippen LogP contribution in [0.3, 0.4) is 0 Å². The standard InChI is InChI=1S/C15H28N2O2/c1-3-4-10-19-12-15(18)17-8-5-6-13-11-16(2)9-7-14(13)17/h13-14H,3-12H2,1-2H3/t13-,14-/m0/s1. The van der Waals surface area contributed by atoms with E-state index in [0.717, 1.165) is 45.3 Å². The summed E-state index contributed by atoms with van der Waals surface area (Å²) in [5.41, 5.74) is 0. The zero-order valence-corrected chi connectivity index (χ0v) is 12.4. The van der Waals surface area contributed by atoms with E-state index in [-0.39, 0.29) is 12.5 Å². The average Bonchev–Trinajstić information content (AvgIpc) is 2.42. The molecular weight excluding hydrogens is 240 g/mol. The van der Waals surface area contributed by atoms with E-state index in [1.807, 2.05) is 0 Å². The number of piperidine rings is 2. The Labute approximate surface area is 117 Å². The molecule has 0 aliphatic carbocycles. The van der Waals surface area contributed by atoms with Gasteiger partial charge in [-0.2, -0.15) is 0 Å². The van der Waals surface area contributed by atoms with Gasteiger partial charge in [0.1, 0.15) is 6.61 Å².